The van der Waals surface area contributed by atoms with E-state index in [0.717, 1.165) is 32.8 Å². The molecule has 0 atom stereocenters. The second kappa shape index (κ2) is 6.33. The largest absolute Gasteiger partial charge is 0.357 e. The first-order valence-corrected chi connectivity index (χ1v) is 10.8. The molecule has 3 aromatic heterocycles. The lowest BCUT2D eigenvalue weighted by Crippen LogP contribution is -2.35. The SMILES string of the molecule is O=C(c1cnc(-c2cccs2)s1)N1CCc2[nH]c3c(Br)cccc3c2C1. The molecule has 0 unspecified atom stereocenters. The molecular formula is C19H14BrN3OS2. The Labute approximate surface area is 166 Å². The van der Waals surface area contributed by atoms with Gasteiger partial charge in [0.1, 0.15) is 9.88 Å². The monoisotopic (exact) mass is 443 g/mol. The van der Waals surface area contributed by atoms with Gasteiger partial charge in [0.2, 0.25) is 0 Å². The van der Waals surface area contributed by atoms with Crippen molar-refractivity contribution in [3.05, 3.63) is 62.5 Å². The van der Waals surface area contributed by atoms with Crippen LogP contribution in [0, 0.1) is 0 Å². The van der Waals surface area contributed by atoms with Gasteiger partial charge in [0.15, 0.2) is 0 Å². The molecule has 0 fully saturated rings. The van der Waals surface area contributed by atoms with Crippen molar-refractivity contribution in [3.63, 3.8) is 0 Å². The number of nitrogens with one attached hydrogen (secondary N) is 1. The van der Waals surface area contributed by atoms with Crippen molar-refractivity contribution in [3.8, 4) is 9.88 Å². The number of nitrogens with zero attached hydrogens (tertiary/aromatic N) is 2. The molecule has 4 heterocycles. The number of amides is 1. The molecule has 5 rings (SSSR count). The molecule has 1 aliphatic heterocycles. The summed E-state index contributed by atoms with van der Waals surface area (Å²) in [5.41, 5.74) is 3.58. The number of carbonyl (C=O) groups excluding carboxylic acids is 1. The van der Waals surface area contributed by atoms with Crippen LogP contribution in [0.4, 0.5) is 0 Å². The van der Waals surface area contributed by atoms with E-state index in [1.165, 1.54) is 28.0 Å². The van der Waals surface area contributed by atoms with Crippen LogP contribution >= 0.6 is 38.6 Å². The van der Waals surface area contributed by atoms with Gasteiger partial charge in [-0.05, 0) is 33.4 Å². The molecule has 130 valence electrons. The van der Waals surface area contributed by atoms with Gasteiger partial charge in [0, 0.05) is 40.6 Å². The number of rotatable bonds is 2. The molecule has 1 aliphatic rings. The zero-order valence-corrected chi connectivity index (χ0v) is 16.9. The lowest BCUT2D eigenvalue weighted by Gasteiger charge is -2.26. The molecule has 0 radical (unpaired) electrons. The van der Waals surface area contributed by atoms with E-state index < -0.39 is 0 Å². The number of aromatic nitrogens is 2. The van der Waals surface area contributed by atoms with E-state index in [-0.39, 0.29) is 5.91 Å². The van der Waals surface area contributed by atoms with Gasteiger partial charge in [-0.15, -0.1) is 22.7 Å². The van der Waals surface area contributed by atoms with E-state index in [1.54, 1.807) is 17.5 Å². The number of thiazole rings is 1. The summed E-state index contributed by atoms with van der Waals surface area (Å²) in [5, 5.41) is 4.13. The van der Waals surface area contributed by atoms with Gasteiger partial charge >= 0.3 is 0 Å². The lowest BCUT2D eigenvalue weighted by molar-refractivity contribution is 0.0740. The first-order chi connectivity index (χ1) is 12.7. The number of H-pyrrole nitrogens is 1. The summed E-state index contributed by atoms with van der Waals surface area (Å²) >= 11 is 6.73. The standard InChI is InChI=1S/C19H14BrN3OS2/c20-13-4-1-3-11-12-10-23(7-6-14(12)22-17(11)13)19(24)16-9-21-18(26-16)15-5-2-8-25-15/h1-5,8-9,22H,6-7,10H2. The predicted molar refractivity (Wildman–Crippen MR) is 110 cm³/mol. The van der Waals surface area contributed by atoms with Crippen LogP contribution in [0.25, 0.3) is 20.8 Å². The van der Waals surface area contributed by atoms with Crippen molar-refractivity contribution in [2.24, 2.45) is 0 Å². The summed E-state index contributed by atoms with van der Waals surface area (Å²) < 4.78 is 1.06. The first-order valence-electron chi connectivity index (χ1n) is 8.27. The highest BCUT2D eigenvalue weighted by molar-refractivity contribution is 9.10. The average Bonchev–Trinajstić information content (AvgIpc) is 3.39. The molecule has 0 saturated heterocycles. The Bertz CT molecular complexity index is 1110. The Morgan fingerprint density at radius 2 is 2.19 bits per heavy atom. The van der Waals surface area contributed by atoms with E-state index >= 15 is 0 Å². The molecule has 0 saturated carbocycles. The Morgan fingerprint density at radius 1 is 1.27 bits per heavy atom. The van der Waals surface area contributed by atoms with Gasteiger partial charge in [-0.1, -0.05) is 18.2 Å². The van der Waals surface area contributed by atoms with Gasteiger partial charge in [-0.25, -0.2) is 4.98 Å². The highest BCUT2D eigenvalue weighted by Gasteiger charge is 2.26. The highest BCUT2D eigenvalue weighted by Crippen LogP contribution is 2.33. The van der Waals surface area contributed by atoms with E-state index in [1.807, 2.05) is 34.5 Å². The Balaban J connectivity index is 1.45. The summed E-state index contributed by atoms with van der Waals surface area (Å²) in [5.74, 6) is 0.0697. The molecule has 4 nitrogen and oxygen atoms in total. The third kappa shape index (κ3) is 2.62. The van der Waals surface area contributed by atoms with Crippen LogP contribution in [-0.2, 0) is 13.0 Å². The number of hydrogen-bond acceptors (Lipinski definition) is 4. The van der Waals surface area contributed by atoms with Crippen LogP contribution in [0.3, 0.4) is 0 Å². The fourth-order valence-electron chi connectivity index (χ4n) is 3.42. The zero-order chi connectivity index (χ0) is 17.7. The highest BCUT2D eigenvalue weighted by atomic mass is 79.9. The Morgan fingerprint density at radius 3 is 3.04 bits per heavy atom. The average molecular weight is 444 g/mol. The molecule has 1 N–H and O–H groups in total. The van der Waals surface area contributed by atoms with Crippen molar-refractivity contribution >= 4 is 55.4 Å². The summed E-state index contributed by atoms with van der Waals surface area (Å²) in [6, 6.07) is 10.2. The van der Waals surface area contributed by atoms with Gasteiger partial charge in [-0.3, -0.25) is 4.79 Å². The van der Waals surface area contributed by atoms with Crippen molar-refractivity contribution in [1.82, 2.24) is 14.9 Å². The van der Waals surface area contributed by atoms with E-state index in [9.17, 15) is 4.79 Å². The number of halogens is 1. The van der Waals surface area contributed by atoms with E-state index in [0.29, 0.717) is 11.4 Å². The fourth-order valence-corrected chi connectivity index (χ4v) is 5.57. The third-order valence-electron chi connectivity index (χ3n) is 4.70. The van der Waals surface area contributed by atoms with Gasteiger partial charge < -0.3 is 9.88 Å². The molecule has 7 heteroatoms. The number of thiophene rings is 1. The van der Waals surface area contributed by atoms with Gasteiger partial charge in [0.05, 0.1) is 16.6 Å². The van der Waals surface area contributed by atoms with E-state index in [2.05, 4.69) is 32.0 Å². The number of aromatic amines is 1. The smallest absolute Gasteiger partial charge is 0.265 e. The number of para-hydroxylation sites is 1. The van der Waals surface area contributed by atoms with E-state index in [4.69, 9.17) is 0 Å². The molecule has 0 spiro atoms. The third-order valence-corrected chi connectivity index (χ3v) is 7.38. The van der Waals surface area contributed by atoms with Gasteiger partial charge in [0.25, 0.3) is 5.91 Å². The number of fused-ring (bicyclic) bond motifs is 3. The minimum atomic E-state index is 0.0697. The molecule has 4 aromatic rings. The van der Waals surface area contributed by atoms with Crippen molar-refractivity contribution in [2.75, 3.05) is 6.54 Å². The van der Waals surface area contributed by atoms with Crippen LogP contribution in [-0.4, -0.2) is 27.3 Å². The Kier molecular flexibility index (Phi) is 3.95. The second-order valence-corrected chi connectivity index (χ2v) is 9.06. The predicted octanol–water partition coefficient (Wildman–Crippen LogP) is 5.31. The summed E-state index contributed by atoms with van der Waals surface area (Å²) in [4.78, 5) is 24.7. The number of carbonyl (C=O) groups is 1. The van der Waals surface area contributed by atoms with Crippen molar-refractivity contribution in [2.45, 2.75) is 13.0 Å². The molecule has 1 amide bonds. The van der Waals surface area contributed by atoms with Crippen LogP contribution in [0.2, 0.25) is 0 Å². The zero-order valence-electron chi connectivity index (χ0n) is 13.7. The van der Waals surface area contributed by atoms with Crippen LogP contribution in [0.5, 0.6) is 0 Å². The minimum Gasteiger partial charge on any atom is -0.357 e. The quantitative estimate of drug-likeness (QED) is 0.455. The van der Waals surface area contributed by atoms with Gasteiger partial charge in [-0.2, -0.15) is 0 Å². The lowest BCUT2D eigenvalue weighted by atomic mass is 10.0. The summed E-state index contributed by atoms with van der Waals surface area (Å²) in [6.07, 6.45) is 2.56. The topological polar surface area (TPSA) is 49.0 Å². The maximum absolute atomic E-state index is 13.0. The molecular weight excluding hydrogens is 430 g/mol. The molecule has 1 aromatic carbocycles. The summed E-state index contributed by atoms with van der Waals surface area (Å²) in [6.45, 7) is 1.36. The maximum Gasteiger partial charge on any atom is 0.265 e. The summed E-state index contributed by atoms with van der Waals surface area (Å²) in [7, 11) is 0. The maximum atomic E-state index is 13.0. The van der Waals surface area contributed by atoms with Crippen molar-refractivity contribution in [1.29, 1.82) is 0 Å². The number of benzene rings is 1. The van der Waals surface area contributed by atoms with Crippen LogP contribution in [0.1, 0.15) is 20.9 Å². The van der Waals surface area contributed by atoms with Crippen LogP contribution < -0.4 is 0 Å². The fraction of sp³-hybridized carbons (Fsp3) is 0.158. The normalized spacial score (nSPS) is 14.0. The molecule has 0 bridgehead atoms. The van der Waals surface area contributed by atoms with Crippen LogP contribution in [0.15, 0.2) is 46.4 Å². The Hall–Kier alpha value is -1.96. The number of hydrogen-bond donors (Lipinski definition) is 1. The molecule has 0 aliphatic carbocycles. The minimum absolute atomic E-state index is 0.0697. The second-order valence-electron chi connectivity index (χ2n) is 6.23. The van der Waals surface area contributed by atoms with Crippen molar-refractivity contribution < 1.29 is 4.79 Å². The first kappa shape index (κ1) is 16.2. The molecule has 26 heavy (non-hydrogen) atoms.